The summed E-state index contributed by atoms with van der Waals surface area (Å²) in [4.78, 5) is 29.7. The van der Waals surface area contributed by atoms with Gasteiger partial charge in [0.1, 0.15) is 35.9 Å². The molecule has 2 aromatic heterocycles. The van der Waals surface area contributed by atoms with Crippen molar-refractivity contribution < 1.29 is 41.0 Å². The number of nitrogens with zero attached hydrogens (tertiary/aromatic N) is 5. The Labute approximate surface area is 239 Å². The number of likely N-dealkylation sites (tertiary alicyclic amines) is 1. The molecule has 5 rings (SSSR count). The molecule has 226 valence electrons. The molecule has 0 atom stereocenters. The molecule has 1 fully saturated rings. The second-order valence-corrected chi connectivity index (χ2v) is 9.82. The maximum absolute atomic E-state index is 15.7. The maximum Gasteiger partial charge on any atom is 0.416 e. The van der Waals surface area contributed by atoms with Crippen molar-refractivity contribution in [2.24, 2.45) is 5.73 Å². The van der Waals surface area contributed by atoms with E-state index in [0.717, 1.165) is 0 Å². The van der Waals surface area contributed by atoms with Crippen LogP contribution in [0.1, 0.15) is 30.0 Å². The highest BCUT2D eigenvalue weighted by Gasteiger charge is 2.34. The topological polar surface area (TPSA) is 143 Å². The summed E-state index contributed by atoms with van der Waals surface area (Å²) >= 11 is 0. The van der Waals surface area contributed by atoms with Gasteiger partial charge in [0.25, 0.3) is 0 Å². The van der Waals surface area contributed by atoms with Crippen molar-refractivity contribution in [3.05, 3.63) is 71.4 Å². The molecular formula is C27H23F6N7O3. The fourth-order valence-electron chi connectivity index (χ4n) is 5.25. The van der Waals surface area contributed by atoms with E-state index in [4.69, 9.17) is 16.6 Å². The lowest BCUT2D eigenvalue weighted by Gasteiger charge is -2.31. The first-order valence-corrected chi connectivity index (χ1v) is 12.8. The second-order valence-electron chi connectivity index (χ2n) is 9.82. The van der Waals surface area contributed by atoms with Crippen molar-refractivity contribution in [3.8, 4) is 11.1 Å². The number of hydrogen-bond donors (Lipinski definition) is 3. The smallest absolute Gasteiger partial charge is 0.387 e. The maximum atomic E-state index is 15.7. The number of anilines is 3. The van der Waals surface area contributed by atoms with E-state index in [1.54, 1.807) is 0 Å². The number of piperidine rings is 1. The molecule has 2 aromatic carbocycles. The van der Waals surface area contributed by atoms with E-state index < -0.39 is 59.1 Å². The SMILES string of the molecule is NC(=O)N(c1cc(C(F)(F)F)ccc1F)c1cc(F)c(-c2cc(C3CCN(C(=O)CO)CC3)n3ncnc(N)c23)cc1F. The molecule has 10 nitrogen and oxygen atoms in total. The molecule has 1 saturated heterocycles. The summed E-state index contributed by atoms with van der Waals surface area (Å²) in [5.41, 5.74) is 8.48. The highest BCUT2D eigenvalue weighted by Crippen LogP contribution is 2.41. The van der Waals surface area contributed by atoms with Crippen LogP contribution in [0.25, 0.3) is 16.6 Å². The van der Waals surface area contributed by atoms with Crippen molar-refractivity contribution in [1.29, 1.82) is 0 Å². The van der Waals surface area contributed by atoms with Gasteiger partial charge in [0.05, 0.1) is 16.9 Å². The van der Waals surface area contributed by atoms with Gasteiger partial charge in [-0.05, 0) is 43.2 Å². The Morgan fingerprint density at radius 1 is 0.977 bits per heavy atom. The molecule has 0 saturated carbocycles. The number of aliphatic hydroxyl groups excluding tert-OH is 1. The fourth-order valence-corrected chi connectivity index (χ4v) is 5.25. The van der Waals surface area contributed by atoms with Crippen molar-refractivity contribution >= 4 is 34.6 Å². The summed E-state index contributed by atoms with van der Waals surface area (Å²) in [7, 11) is 0. The normalized spacial score (nSPS) is 14.3. The first-order valence-electron chi connectivity index (χ1n) is 12.8. The molecule has 1 aliphatic heterocycles. The average Bonchev–Trinajstić information content (AvgIpc) is 3.35. The van der Waals surface area contributed by atoms with Gasteiger partial charge in [-0.25, -0.2) is 27.5 Å². The number of hydrogen-bond acceptors (Lipinski definition) is 6. The van der Waals surface area contributed by atoms with E-state index in [0.29, 0.717) is 55.9 Å². The number of primary amides is 1. The Morgan fingerprint density at radius 3 is 2.28 bits per heavy atom. The second kappa shape index (κ2) is 11.1. The van der Waals surface area contributed by atoms with Crippen molar-refractivity contribution in [2.45, 2.75) is 24.9 Å². The Morgan fingerprint density at radius 2 is 1.65 bits per heavy atom. The number of aliphatic hydroxyl groups is 1. The summed E-state index contributed by atoms with van der Waals surface area (Å²) in [6.07, 6.45) is -2.82. The van der Waals surface area contributed by atoms with Gasteiger partial charge in [0.15, 0.2) is 5.82 Å². The number of rotatable bonds is 5. The van der Waals surface area contributed by atoms with Crippen LogP contribution in [0.3, 0.4) is 0 Å². The zero-order valence-corrected chi connectivity index (χ0v) is 22.1. The van der Waals surface area contributed by atoms with Crippen LogP contribution in [0.5, 0.6) is 0 Å². The molecular weight excluding hydrogens is 584 g/mol. The van der Waals surface area contributed by atoms with Gasteiger partial charge < -0.3 is 21.5 Å². The zero-order chi connectivity index (χ0) is 31.2. The lowest BCUT2D eigenvalue weighted by molar-refractivity contribution is -0.137. The monoisotopic (exact) mass is 607 g/mol. The highest BCUT2D eigenvalue weighted by atomic mass is 19.4. The zero-order valence-electron chi connectivity index (χ0n) is 22.1. The van der Waals surface area contributed by atoms with Gasteiger partial charge >= 0.3 is 12.2 Å². The number of amides is 3. The molecule has 0 unspecified atom stereocenters. The molecule has 0 aliphatic carbocycles. The highest BCUT2D eigenvalue weighted by molar-refractivity contribution is 5.99. The van der Waals surface area contributed by atoms with E-state index in [1.807, 2.05) is 0 Å². The van der Waals surface area contributed by atoms with Crippen LogP contribution >= 0.6 is 0 Å². The molecule has 3 heterocycles. The number of carbonyl (C=O) groups excluding carboxylic acids is 2. The first-order chi connectivity index (χ1) is 20.3. The van der Waals surface area contributed by atoms with Crippen molar-refractivity contribution in [2.75, 3.05) is 30.3 Å². The summed E-state index contributed by atoms with van der Waals surface area (Å²) < 4.78 is 87.2. The molecule has 3 amide bonds. The number of nitrogens with two attached hydrogens (primary N) is 2. The average molecular weight is 608 g/mol. The van der Waals surface area contributed by atoms with Gasteiger partial charge in [-0.3, -0.25) is 9.69 Å². The quantitative estimate of drug-likeness (QED) is 0.288. The number of alkyl halides is 3. The van der Waals surface area contributed by atoms with E-state index >= 15 is 8.78 Å². The van der Waals surface area contributed by atoms with E-state index in [-0.39, 0.29) is 39.3 Å². The number of halogens is 6. The van der Waals surface area contributed by atoms with Crippen LogP contribution < -0.4 is 16.4 Å². The summed E-state index contributed by atoms with van der Waals surface area (Å²) in [6.45, 7) is 0.0426. The largest absolute Gasteiger partial charge is 0.416 e. The van der Waals surface area contributed by atoms with Gasteiger partial charge in [-0.2, -0.15) is 18.3 Å². The van der Waals surface area contributed by atoms with Crippen LogP contribution in [0.4, 0.5) is 48.3 Å². The Bertz CT molecular complexity index is 1730. The Hall–Kier alpha value is -4.86. The predicted octanol–water partition coefficient (Wildman–Crippen LogP) is 4.33. The minimum Gasteiger partial charge on any atom is -0.387 e. The van der Waals surface area contributed by atoms with Gasteiger partial charge in [-0.1, -0.05) is 0 Å². The van der Waals surface area contributed by atoms with Crippen LogP contribution in [-0.4, -0.2) is 56.2 Å². The van der Waals surface area contributed by atoms with Crippen molar-refractivity contribution in [1.82, 2.24) is 19.5 Å². The van der Waals surface area contributed by atoms with Crippen LogP contribution in [0, 0.1) is 17.5 Å². The third kappa shape index (κ3) is 5.40. The van der Waals surface area contributed by atoms with Gasteiger partial charge in [0, 0.05) is 41.9 Å². The van der Waals surface area contributed by atoms with Gasteiger partial charge in [0.2, 0.25) is 5.91 Å². The number of benzene rings is 2. The fraction of sp³-hybridized carbons (Fsp3) is 0.259. The Balaban J connectivity index is 1.59. The third-order valence-electron chi connectivity index (χ3n) is 7.31. The van der Waals surface area contributed by atoms with E-state index in [1.165, 1.54) is 21.8 Å². The standard InChI is InChI=1S/C27H23F6N7O3/c28-17-2-1-14(27(31,32)33)7-21(17)39(26(35)43)22-10-18(29)15(8-19(22)30)16-9-20(40-24(16)25(34)36-12-37-40)13-3-5-38(6-4-13)23(42)11-41/h1-2,7-10,12-13,41H,3-6,11H2,(H2,35,43)(H2,34,36,37). The Kier molecular flexibility index (Phi) is 7.64. The molecule has 0 bridgehead atoms. The van der Waals surface area contributed by atoms with E-state index in [2.05, 4.69) is 10.1 Å². The predicted molar refractivity (Wildman–Crippen MR) is 142 cm³/mol. The molecule has 4 aromatic rings. The number of urea groups is 1. The first kappa shape index (κ1) is 29.6. The minimum atomic E-state index is -4.93. The molecule has 5 N–H and O–H groups in total. The number of fused-ring (bicyclic) bond motifs is 1. The molecule has 16 heteroatoms. The summed E-state index contributed by atoms with van der Waals surface area (Å²) in [5, 5.41) is 13.4. The molecule has 0 radical (unpaired) electrons. The molecule has 0 spiro atoms. The van der Waals surface area contributed by atoms with Crippen molar-refractivity contribution in [3.63, 3.8) is 0 Å². The van der Waals surface area contributed by atoms with Crippen LogP contribution in [0.15, 0.2) is 42.7 Å². The van der Waals surface area contributed by atoms with E-state index in [9.17, 15) is 27.2 Å². The lowest BCUT2D eigenvalue weighted by atomic mass is 9.93. The number of nitrogen functional groups attached to an aromatic ring is 1. The third-order valence-corrected chi connectivity index (χ3v) is 7.31. The van der Waals surface area contributed by atoms with Gasteiger partial charge in [-0.15, -0.1) is 0 Å². The lowest BCUT2D eigenvalue weighted by Crippen LogP contribution is -2.39. The van der Waals surface area contributed by atoms with Crippen LogP contribution in [-0.2, 0) is 11.0 Å². The molecule has 1 aliphatic rings. The van der Waals surface area contributed by atoms with Crippen LogP contribution in [0.2, 0.25) is 0 Å². The summed E-state index contributed by atoms with van der Waals surface area (Å²) in [5.74, 6) is -4.47. The summed E-state index contributed by atoms with van der Waals surface area (Å²) in [6, 6.07) is 2.27. The minimum absolute atomic E-state index is 0.0702. The number of aromatic nitrogens is 3. The molecule has 43 heavy (non-hydrogen) atoms. The number of carbonyl (C=O) groups is 2.